The lowest BCUT2D eigenvalue weighted by atomic mass is 10.1. The summed E-state index contributed by atoms with van der Waals surface area (Å²) in [5.41, 5.74) is 0. The third kappa shape index (κ3) is 7.71. The topological polar surface area (TPSA) is 50.7 Å². The van der Waals surface area contributed by atoms with Crippen LogP contribution in [-0.4, -0.2) is 50.7 Å². The van der Waals surface area contributed by atoms with Crippen LogP contribution in [-0.2, 0) is 9.47 Å². The first-order valence-corrected chi connectivity index (χ1v) is 6.81. The maximum atomic E-state index is 9.72. The zero-order valence-electron chi connectivity index (χ0n) is 11.0. The molecule has 0 heterocycles. The monoisotopic (exact) mass is 245 g/mol. The maximum Gasteiger partial charge on any atom is 0.0897 e. The second-order valence-electron chi connectivity index (χ2n) is 4.82. The molecule has 102 valence electrons. The average Bonchev–Trinajstić information content (AvgIpc) is 2.60. The molecule has 17 heavy (non-hydrogen) atoms. The number of ether oxygens (including phenoxy) is 2. The molecule has 4 nitrogen and oxygen atoms in total. The van der Waals surface area contributed by atoms with Gasteiger partial charge in [0.1, 0.15) is 0 Å². The summed E-state index contributed by atoms with van der Waals surface area (Å²) in [7, 11) is 1.65. The Bertz CT molecular complexity index is 170. The van der Waals surface area contributed by atoms with Gasteiger partial charge >= 0.3 is 0 Å². The molecular formula is C13H27NO3. The predicted molar refractivity (Wildman–Crippen MR) is 68.2 cm³/mol. The maximum absolute atomic E-state index is 9.72. The van der Waals surface area contributed by atoms with Gasteiger partial charge in [-0.3, -0.25) is 0 Å². The molecule has 0 bridgehead atoms. The summed E-state index contributed by atoms with van der Waals surface area (Å²) in [5, 5.41) is 13.2. The minimum Gasteiger partial charge on any atom is -0.389 e. The van der Waals surface area contributed by atoms with Gasteiger partial charge in [0.15, 0.2) is 0 Å². The summed E-state index contributed by atoms with van der Waals surface area (Å²) >= 11 is 0. The fraction of sp³-hybridized carbons (Fsp3) is 1.00. The molecule has 1 aliphatic carbocycles. The van der Waals surface area contributed by atoms with Crippen molar-refractivity contribution in [3.05, 3.63) is 0 Å². The summed E-state index contributed by atoms with van der Waals surface area (Å²) in [5.74, 6) is 0. The van der Waals surface area contributed by atoms with Crippen molar-refractivity contribution in [1.29, 1.82) is 0 Å². The highest BCUT2D eigenvalue weighted by Gasteiger charge is 2.13. The molecule has 0 amide bonds. The van der Waals surface area contributed by atoms with Gasteiger partial charge in [-0.2, -0.15) is 0 Å². The van der Waals surface area contributed by atoms with E-state index in [4.69, 9.17) is 9.47 Å². The molecule has 2 N–H and O–H groups in total. The van der Waals surface area contributed by atoms with Crippen LogP contribution in [0.25, 0.3) is 0 Å². The van der Waals surface area contributed by atoms with Crippen molar-refractivity contribution < 1.29 is 14.6 Å². The highest BCUT2D eigenvalue weighted by atomic mass is 16.5. The van der Waals surface area contributed by atoms with Gasteiger partial charge in [0.25, 0.3) is 0 Å². The lowest BCUT2D eigenvalue weighted by Gasteiger charge is -2.19. The number of nitrogens with one attached hydrogen (secondary N) is 1. The number of methoxy groups -OCH3 is 1. The van der Waals surface area contributed by atoms with Gasteiger partial charge in [0.05, 0.1) is 25.9 Å². The number of rotatable bonds is 8. The van der Waals surface area contributed by atoms with Crippen molar-refractivity contribution in [2.24, 2.45) is 0 Å². The minimum atomic E-state index is -0.407. The molecule has 1 fully saturated rings. The normalized spacial score (nSPS) is 20.1. The smallest absolute Gasteiger partial charge is 0.0897 e. The average molecular weight is 245 g/mol. The van der Waals surface area contributed by atoms with E-state index in [1.165, 1.54) is 38.5 Å². The first kappa shape index (κ1) is 14.9. The second kappa shape index (κ2) is 9.83. The van der Waals surface area contributed by atoms with Crippen LogP contribution in [0.4, 0.5) is 0 Å². The Hall–Kier alpha value is -0.160. The molecular weight excluding hydrogens is 218 g/mol. The van der Waals surface area contributed by atoms with Crippen LogP contribution < -0.4 is 5.32 Å². The molecule has 1 unspecified atom stereocenters. The van der Waals surface area contributed by atoms with Crippen LogP contribution >= 0.6 is 0 Å². The van der Waals surface area contributed by atoms with Crippen molar-refractivity contribution >= 4 is 0 Å². The van der Waals surface area contributed by atoms with Crippen molar-refractivity contribution in [2.45, 2.75) is 50.7 Å². The van der Waals surface area contributed by atoms with Gasteiger partial charge in [0.2, 0.25) is 0 Å². The molecule has 0 aromatic heterocycles. The standard InChI is InChI=1S/C13H27NO3/c1-16-8-9-17-11-13(15)10-14-12-6-4-2-3-5-7-12/h12-15H,2-11H2,1H3. The molecule has 0 aliphatic heterocycles. The largest absolute Gasteiger partial charge is 0.389 e. The molecule has 1 atom stereocenters. The van der Waals surface area contributed by atoms with E-state index in [-0.39, 0.29) is 0 Å². The van der Waals surface area contributed by atoms with Crippen molar-refractivity contribution in [3.63, 3.8) is 0 Å². The fourth-order valence-corrected chi connectivity index (χ4v) is 2.21. The summed E-state index contributed by atoms with van der Waals surface area (Å²) < 4.78 is 10.2. The molecule has 0 saturated heterocycles. The Labute approximate surface area is 105 Å². The van der Waals surface area contributed by atoms with E-state index in [9.17, 15) is 5.11 Å². The fourth-order valence-electron chi connectivity index (χ4n) is 2.21. The molecule has 0 aromatic carbocycles. The number of hydrogen-bond acceptors (Lipinski definition) is 4. The predicted octanol–water partition coefficient (Wildman–Crippen LogP) is 1.32. The highest BCUT2D eigenvalue weighted by molar-refractivity contribution is 4.72. The summed E-state index contributed by atoms with van der Waals surface area (Å²) in [6, 6.07) is 0.589. The van der Waals surface area contributed by atoms with Crippen LogP contribution in [0.3, 0.4) is 0 Å². The Morgan fingerprint density at radius 2 is 1.88 bits per heavy atom. The SMILES string of the molecule is COCCOCC(O)CNC1CCCCCC1. The third-order valence-electron chi connectivity index (χ3n) is 3.24. The Kier molecular flexibility index (Phi) is 8.61. The van der Waals surface area contributed by atoms with E-state index < -0.39 is 6.10 Å². The van der Waals surface area contributed by atoms with E-state index in [1.807, 2.05) is 0 Å². The van der Waals surface area contributed by atoms with Crippen LogP contribution in [0.15, 0.2) is 0 Å². The van der Waals surface area contributed by atoms with E-state index in [1.54, 1.807) is 7.11 Å². The van der Waals surface area contributed by atoms with Crippen molar-refractivity contribution in [3.8, 4) is 0 Å². The van der Waals surface area contributed by atoms with E-state index in [0.29, 0.717) is 32.4 Å². The molecule has 1 saturated carbocycles. The number of hydrogen-bond donors (Lipinski definition) is 2. The second-order valence-corrected chi connectivity index (χ2v) is 4.82. The quantitative estimate of drug-likeness (QED) is 0.500. The zero-order chi connectivity index (χ0) is 12.3. The van der Waals surface area contributed by atoms with Gasteiger partial charge in [0, 0.05) is 19.7 Å². The molecule has 0 radical (unpaired) electrons. The van der Waals surface area contributed by atoms with Crippen LogP contribution in [0.1, 0.15) is 38.5 Å². The molecule has 1 aliphatic rings. The van der Waals surface area contributed by atoms with Gasteiger partial charge in [-0.1, -0.05) is 25.7 Å². The van der Waals surface area contributed by atoms with Crippen LogP contribution in [0.2, 0.25) is 0 Å². The molecule has 4 heteroatoms. The number of aliphatic hydroxyl groups is 1. The summed E-state index contributed by atoms with van der Waals surface area (Å²) in [6.45, 7) is 2.17. The summed E-state index contributed by atoms with van der Waals surface area (Å²) in [6.07, 6.45) is 7.45. The van der Waals surface area contributed by atoms with Crippen LogP contribution in [0.5, 0.6) is 0 Å². The summed E-state index contributed by atoms with van der Waals surface area (Å²) in [4.78, 5) is 0. The Morgan fingerprint density at radius 1 is 1.18 bits per heavy atom. The Morgan fingerprint density at radius 3 is 2.53 bits per heavy atom. The van der Waals surface area contributed by atoms with E-state index >= 15 is 0 Å². The molecule has 0 spiro atoms. The van der Waals surface area contributed by atoms with E-state index in [2.05, 4.69) is 5.32 Å². The van der Waals surface area contributed by atoms with Crippen molar-refractivity contribution in [2.75, 3.05) is 33.5 Å². The molecule has 1 rings (SSSR count). The van der Waals surface area contributed by atoms with Crippen LogP contribution in [0, 0.1) is 0 Å². The minimum absolute atomic E-state index is 0.392. The first-order valence-electron chi connectivity index (χ1n) is 6.81. The zero-order valence-corrected chi connectivity index (χ0v) is 11.0. The molecule has 0 aromatic rings. The Balaban J connectivity index is 1.99. The third-order valence-corrected chi connectivity index (χ3v) is 3.24. The number of aliphatic hydroxyl groups excluding tert-OH is 1. The lowest BCUT2D eigenvalue weighted by Crippen LogP contribution is -2.37. The lowest BCUT2D eigenvalue weighted by molar-refractivity contribution is 0.0127. The highest BCUT2D eigenvalue weighted by Crippen LogP contribution is 2.16. The first-order chi connectivity index (χ1) is 8.33. The van der Waals surface area contributed by atoms with Gasteiger partial charge in [-0.05, 0) is 12.8 Å². The van der Waals surface area contributed by atoms with Crippen molar-refractivity contribution in [1.82, 2.24) is 5.32 Å². The van der Waals surface area contributed by atoms with Gasteiger partial charge in [-0.25, -0.2) is 0 Å². The van der Waals surface area contributed by atoms with Gasteiger partial charge in [-0.15, -0.1) is 0 Å². The van der Waals surface area contributed by atoms with E-state index in [0.717, 1.165) is 0 Å². The van der Waals surface area contributed by atoms with Gasteiger partial charge < -0.3 is 19.9 Å².